The molecule has 0 radical (unpaired) electrons. The van der Waals surface area contributed by atoms with Gasteiger partial charge < -0.3 is 9.64 Å². The maximum absolute atomic E-state index is 12.2. The summed E-state index contributed by atoms with van der Waals surface area (Å²) in [5.74, 6) is -0.242. The van der Waals surface area contributed by atoms with Gasteiger partial charge in [0, 0.05) is 24.2 Å². The van der Waals surface area contributed by atoms with Gasteiger partial charge in [0.15, 0.2) is 0 Å². The van der Waals surface area contributed by atoms with E-state index in [0.717, 1.165) is 16.1 Å². The smallest absolute Gasteiger partial charge is 0.238 e. The molecular weight excluding hydrogens is 328 g/mol. The minimum atomic E-state index is -3.38. The van der Waals surface area contributed by atoms with Crippen LogP contribution >= 0.6 is 11.6 Å². The zero-order valence-corrected chi connectivity index (χ0v) is 14.1. The summed E-state index contributed by atoms with van der Waals surface area (Å²) in [5.41, 5.74) is 0.832. The van der Waals surface area contributed by atoms with Crippen molar-refractivity contribution >= 4 is 27.5 Å². The van der Waals surface area contributed by atoms with Gasteiger partial charge in [-0.25, -0.2) is 8.42 Å². The lowest BCUT2D eigenvalue weighted by Gasteiger charge is -2.34. The van der Waals surface area contributed by atoms with Crippen molar-refractivity contribution in [3.8, 4) is 0 Å². The number of carbonyl (C=O) groups is 1. The van der Waals surface area contributed by atoms with Gasteiger partial charge in [-0.3, -0.25) is 4.79 Å². The van der Waals surface area contributed by atoms with Crippen LogP contribution in [-0.2, 0) is 19.6 Å². The molecule has 1 aromatic rings. The summed E-state index contributed by atoms with van der Waals surface area (Å²) < 4.78 is 29.5. The number of morpholine rings is 1. The monoisotopic (exact) mass is 346 g/mol. The first kappa shape index (κ1) is 17.2. The number of carbonyl (C=O) groups excluding carboxylic acids is 1. The summed E-state index contributed by atoms with van der Waals surface area (Å²) in [6.45, 7) is 1.02. The molecule has 22 heavy (non-hydrogen) atoms. The Balaban J connectivity index is 2.05. The van der Waals surface area contributed by atoms with Crippen molar-refractivity contribution in [3.63, 3.8) is 0 Å². The lowest BCUT2D eigenvalue weighted by Crippen LogP contribution is -2.46. The molecule has 0 saturated carbocycles. The van der Waals surface area contributed by atoms with Crippen LogP contribution in [0.2, 0.25) is 5.02 Å². The molecule has 0 N–H and O–H groups in total. The fraction of sp³-hybridized carbons (Fsp3) is 0.500. The Morgan fingerprint density at radius 1 is 1.45 bits per heavy atom. The van der Waals surface area contributed by atoms with Crippen LogP contribution in [0, 0.1) is 0 Å². The number of amides is 1. The van der Waals surface area contributed by atoms with Crippen LogP contribution in [0.15, 0.2) is 24.3 Å². The third-order valence-electron chi connectivity index (χ3n) is 3.60. The van der Waals surface area contributed by atoms with Crippen LogP contribution in [0.1, 0.15) is 11.7 Å². The first-order valence-corrected chi connectivity index (χ1v) is 9.07. The predicted octanol–water partition coefficient (Wildman–Crippen LogP) is 1.13. The number of hydrogen-bond acceptors (Lipinski definition) is 4. The molecule has 0 aromatic heterocycles. The molecule has 2 rings (SSSR count). The molecule has 122 valence electrons. The van der Waals surface area contributed by atoms with E-state index in [9.17, 15) is 13.2 Å². The van der Waals surface area contributed by atoms with Crippen LogP contribution in [0.25, 0.3) is 0 Å². The number of halogens is 1. The largest absolute Gasteiger partial charge is 0.370 e. The summed E-state index contributed by atoms with van der Waals surface area (Å²) in [7, 11) is -1.99. The summed E-state index contributed by atoms with van der Waals surface area (Å²) in [4.78, 5) is 13.9. The Hall–Kier alpha value is -1.15. The molecule has 6 nitrogen and oxygen atoms in total. The number of sulfonamides is 1. The number of hydrogen-bond donors (Lipinski definition) is 0. The second-order valence-corrected chi connectivity index (χ2v) is 7.74. The Morgan fingerprint density at radius 3 is 2.77 bits per heavy atom. The van der Waals surface area contributed by atoms with Gasteiger partial charge in [0.05, 0.1) is 26.0 Å². The summed E-state index contributed by atoms with van der Waals surface area (Å²) in [6.07, 6.45) is 0.779. The summed E-state index contributed by atoms with van der Waals surface area (Å²) in [6, 6.07) is 7.34. The minimum Gasteiger partial charge on any atom is -0.370 e. The quantitative estimate of drug-likeness (QED) is 0.819. The van der Waals surface area contributed by atoms with Crippen molar-refractivity contribution in [1.82, 2.24) is 9.21 Å². The summed E-state index contributed by atoms with van der Waals surface area (Å²) >= 11 is 6.16. The molecule has 1 atom stereocenters. The van der Waals surface area contributed by atoms with Crippen LogP contribution in [0.4, 0.5) is 0 Å². The number of likely N-dealkylation sites (N-methyl/N-ethyl adjacent to an activating group) is 1. The molecule has 1 amide bonds. The highest BCUT2D eigenvalue weighted by molar-refractivity contribution is 7.88. The van der Waals surface area contributed by atoms with Gasteiger partial charge in [-0.15, -0.1) is 0 Å². The molecule has 1 heterocycles. The molecule has 0 unspecified atom stereocenters. The number of benzene rings is 1. The van der Waals surface area contributed by atoms with Crippen molar-refractivity contribution in [2.24, 2.45) is 0 Å². The molecule has 0 aliphatic carbocycles. The highest BCUT2D eigenvalue weighted by atomic mass is 35.5. The topological polar surface area (TPSA) is 66.9 Å². The lowest BCUT2D eigenvalue weighted by atomic mass is 10.1. The average molecular weight is 347 g/mol. The Bertz CT molecular complexity index is 650. The highest BCUT2D eigenvalue weighted by Crippen LogP contribution is 2.28. The van der Waals surface area contributed by atoms with Crippen LogP contribution < -0.4 is 0 Å². The fourth-order valence-corrected chi connectivity index (χ4v) is 2.81. The zero-order valence-electron chi connectivity index (χ0n) is 12.5. The highest BCUT2D eigenvalue weighted by Gasteiger charge is 2.28. The van der Waals surface area contributed by atoms with Gasteiger partial charge in [-0.2, -0.15) is 4.31 Å². The van der Waals surface area contributed by atoms with Gasteiger partial charge in [0.1, 0.15) is 6.10 Å². The second-order valence-electron chi connectivity index (χ2n) is 5.24. The Labute approximate surface area is 135 Å². The number of ether oxygens (including phenoxy) is 1. The van der Waals surface area contributed by atoms with Gasteiger partial charge in [-0.1, -0.05) is 29.8 Å². The molecule has 8 heteroatoms. The third kappa shape index (κ3) is 4.19. The third-order valence-corrected chi connectivity index (χ3v) is 5.20. The number of rotatable bonds is 4. The van der Waals surface area contributed by atoms with E-state index in [1.165, 1.54) is 7.05 Å². The van der Waals surface area contributed by atoms with Gasteiger partial charge in [0.2, 0.25) is 15.9 Å². The van der Waals surface area contributed by atoms with Crippen LogP contribution in [0.5, 0.6) is 0 Å². The van der Waals surface area contributed by atoms with Crippen molar-refractivity contribution in [2.75, 3.05) is 39.5 Å². The molecule has 1 aromatic carbocycles. The maximum Gasteiger partial charge on any atom is 0.238 e. The van der Waals surface area contributed by atoms with Crippen molar-refractivity contribution in [3.05, 3.63) is 34.9 Å². The Kier molecular flexibility index (Phi) is 5.44. The predicted molar refractivity (Wildman–Crippen MR) is 84.2 cm³/mol. The molecule has 0 bridgehead atoms. The van der Waals surface area contributed by atoms with E-state index < -0.39 is 10.0 Å². The molecule has 1 aliphatic heterocycles. The van der Waals surface area contributed by atoms with E-state index in [2.05, 4.69) is 0 Å². The molecule has 0 spiro atoms. The molecule has 1 fully saturated rings. The normalized spacial score (nSPS) is 19.5. The van der Waals surface area contributed by atoms with Crippen molar-refractivity contribution in [2.45, 2.75) is 6.10 Å². The van der Waals surface area contributed by atoms with Gasteiger partial charge >= 0.3 is 0 Å². The van der Waals surface area contributed by atoms with E-state index in [0.29, 0.717) is 24.7 Å². The standard InChI is InChI=1S/C14H19ClN2O4S/c1-16(22(2,19)20)10-14(18)17-7-8-21-13(9-17)11-5-3-4-6-12(11)15/h3-6,13H,7-10H2,1-2H3/t13-/m0/s1. The van der Waals surface area contributed by atoms with Gasteiger partial charge in [-0.05, 0) is 6.07 Å². The summed E-state index contributed by atoms with van der Waals surface area (Å²) in [5, 5.41) is 0.593. The lowest BCUT2D eigenvalue weighted by molar-refractivity contribution is -0.139. The average Bonchev–Trinajstić information content (AvgIpc) is 2.47. The maximum atomic E-state index is 12.2. The molecule has 1 saturated heterocycles. The Morgan fingerprint density at radius 2 is 2.14 bits per heavy atom. The van der Waals surface area contributed by atoms with E-state index in [1.807, 2.05) is 18.2 Å². The van der Waals surface area contributed by atoms with E-state index >= 15 is 0 Å². The fourth-order valence-electron chi connectivity index (χ4n) is 2.21. The zero-order chi connectivity index (χ0) is 16.3. The van der Waals surface area contributed by atoms with Crippen LogP contribution in [0.3, 0.4) is 0 Å². The first-order valence-electron chi connectivity index (χ1n) is 6.84. The van der Waals surface area contributed by atoms with Gasteiger partial charge in [0.25, 0.3) is 0 Å². The molecular formula is C14H19ClN2O4S. The second kappa shape index (κ2) is 6.95. The number of nitrogens with zero attached hydrogens (tertiary/aromatic N) is 2. The van der Waals surface area contributed by atoms with Crippen molar-refractivity contribution < 1.29 is 17.9 Å². The van der Waals surface area contributed by atoms with E-state index in [4.69, 9.17) is 16.3 Å². The SMILES string of the molecule is CN(CC(=O)N1CCO[C@H](c2ccccc2Cl)C1)S(C)(=O)=O. The van der Waals surface area contributed by atoms with Crippen LogP contribution in [-0.4, -0.2) is 63.1 Å². The van der Waals surface area contributed by atoms with Crippen molar-refractivity contribution in [1.29, 1.82) is 0 Å². The van der Waals surface area contributed by atoms with E-state index in [-0.39, 0.29) is 18.6 Å². The first-order chi connectivity index (χ1) is 10.3. The minimum absolute atomic E-state index is 0.173. The molecule has 1 aliphatic rings. The van der Waals surface area contributed by atoms with E-state index in [1.54, 1.807) is 11.0 Å².